The first-order valence-electron chi connectivity index (χ1n) is 12.2. The molecule has 0 aliphatic heterocycles. The van der Waals surface area contributed by atoms with Gasteiger partial charge in [-0.2, -0.15) is 0 Å². The SMILES string of the molecule is C=N/C(=C\C=C(/C)n1ccc(OCc2ccccc2)cc1=O)N[C@H]1CC[C@H](Nc2ncc(SC)cn2)C1. The Balaban J connectivity index is 1.32. The van der Waals surface area contributed by atoms with Gasteiger partial charge in [0, 0.05) is 47.3 Å². The third-order valence-corrected chi connectivity index (χ3v) is 6.84. The highest BCUT2D eigenvalue weighted by atomic mass is 32.2. The van der Waals surface area contributed by atoms with Gasteiger partial charge in [0.2, 0.25) is 5.95 Å². The van der Waals surface area contributed by atoms with E-state index in [9.17, 15) is 4.79 Å². The number of benzene rings is 1. The summed E-state index contributed by atoms with van der Waals surface area (Å²) in [7, 11) is 0. The number of nitrogens with one attached hydrogen (secondary N) is 2. The van der Waals surface area contributed by atoms with Crippen molar-refractivity contribution in [2.24, 2.45) is 4.99 Å². The fourth-order valence-electron chi connectivity index (χ4n) is 4.14. The number of allylic oxidation sites excluding steroid dienone is 3. The topological polar surface area (TPSA) is 93.4 Å². The number of aromatic nitrogens is 3. The summed E-state index contributed by atoms with van der Waals surface area (Å²) in [5.74, 6) is 1.86. The third-order valence-electron chi connectivity index (χ3n) is 6.15. The normalized spacial score (nSPS) is 17.9. The lowest BCUT2D eigenvalue weighted by atomic mass is 10.2. The van der Waals surface area contributed by atoms with Gasteiger partial charge in [-0.05, 0) is 62.9 Å². The molecule has 2 aromatic heterocycles. The van der Waals surface area contributed by atoms with Crippen molar-refractivity contribution < 1.29 is 4.74 Å². The molecule has 37 heavy (non-hydrogen) atoms. The Hall–Kier alpha value is -3.85. The number of anilines is 1. The molecule has 1 aliphatic carbocycles. The summed E-state index contributed by atoms with van der Waals surface area (Å²) in [4.78, 5) is 26.6. The van der Waals surface area contributed by atoms with Crippen LogP contribution in [0, 0.1) is 0 Å². The van der Waals surface area contributed by atoms with Crippen LogP contribution < -0.4 is 20.9 Å². The molecule has 1 fully saturated rings. The van der Waals surface area contributed by atoms with Crippen molar-refractivity contribution in [2.45, 2.75) is 49.8 Å². The molecule has 8 nitrogen and oxygen atoms in total. The van der Waals surface area contributed by atoms with Crippen LogP contribution in [0.4, 0.5) is 5.95 Å². The van der Waals surface area contributed by atoms with Crippen LogP contribution in [0.5, 0.6) is 5.75 Å². The molecule has 0 saturated heterocycles. The number of aliphatic imine (C=N–C) groups is 1. The smallest absolute Gasteiger partial charge is 0.258 e. The molecule has 9 heteroatoms. The van der Waals surface area contributed by atoms with Gasteiger partial charge in [-0.15, -0.1) is 11.8 Å². The van der Waals surface area contributed by atoms with E-state index in [1.807, 2.05) is 68.1 Å². The van der Waals surface area contributed by atoms with Crippen molar-refractivity contribution in [3.05, 3.63) is 94.9 Å². The van der Waals surface area contributed by atoms with Gasteiger partial charge in [0.1, 0.15) is 18.2 Å². The van der Waals surface area contributed by atoms with Crippen LogP contribution in [0.15, 0.2) is 93.7 Å². The molecule has 0 unspecified atom stereocenters. The molecule has 4 rings (SSSR count). The number of nitrogens with zero attached hydrogens (tertiary/aromatic N) is 4. The van der Waals surface area contributed by atoms with Gasteiger partial charge in [0.15, 0.2) is 0 Å². The summed E-state index contributed by atoms with van der Waals surface area (Å²) in [6.07, 6.45) is 14.0. The van der Waals surface area contributed by atoms with E-state index >= 15 is 0 Å². The minimum absolute atomic E-state index is 0.161. The molecule has 0 amide bonds. The molecule has 2 atom stereocenters. The maximum absolute atomic E-state index is 12.7. The molecule has 1 aliphatic rings. The van der Waals surface area contributed by atoms with Crippen molar-refractivity contribution in [3.8, 4) is 5.75 Å². The minimum Gasteiger partial charge on any atom is -0.489 e. The second-order valence-corrected chi connectivity index (χ2v) is 9.68. The first-order chi connectivity index (χ1) is 18.0. The molecular weight excluding hydrogens is 484 g/mol. The summed E-state index contributed by atoms with van der Waals surface area (Å²) >= 11 is 1.62. The quantitative estimate of drug-likeness (QED) is 0.211. The largest absolute Gasteiger partial charge is 0.489 e. The van der Waals surface area contributed by atoms with E-state index in [-0.39, 0.29) is 11.6 Å². The Bertz CT molecular complexity index is 1300. The number of hydrogen-bond acceptors (Lipinski definition) is 8. The first-order valence-corrected chi connectivity index (χ1v) is 13.4. The average Bonchev–Trinajstić information content (AvgIpc) is 3.37. The Labute approximate surface area is 221 Å². The van der Waals surface area contributed by atoms with Crippen molar-refractivity contribution in [1.29, 1.82) is 0 Å². The van der Waals surface area contributed by atoms with Gasteiger partial charge in [-0.3, -0.25) is 9.36 Å². The second-order valence-electron chi connectivity index (χ2n) is 8.81. The molecule has 3 aromatic rings. The number of ether oxygens (including phenoxy) is 1. The van der Waals surface area contributed by atoms with Crippen molar-refractivity contribution >= 4 is 30.1 Å². The van der Waals surface area contributed by atoms with Gasteiger partial charge in [-0.1, -0.05) is 30.3 Å². The van der Waals surface area contributed by atoms with Crippen molar-refractivity contribution in [3.63, 3.8) is 0 Å². The highest BCUT2D eigenvalue weighted by Gasteiger charge is 2.25. The Morgan fingerprint density at radius 1 is 1.19 bits per heavy atom. The molecular formula is C28H32N6O2S. The van der Waals surface area contributed by atoms with E-state index < -0.39 is 0 Å². The fourth-order valence-corrected chi connectivity index (χ4v) is 4.46. The van der Waals surface area contributed by atoms with E-state index in [1.54, 1.807) is 28.6 Å². The molecule has 2 N–H and O–H groups in total. The lowest BCUT2D eigenvalue weighted by Crippen LogP contribution is -2.27. The zero-order valence-corrected chi connectivity index (χ0v) is 21.9. The summed E-state index contributed by atoms with van der Waals surface area (Å²) in [5, 5.41) is 6.88. The lowest BCUT2D eigenvalue weighted by molar-refractivity contribution is 0.305. The fraction of sp³-hybridized carbons (Fsp3) is 0.286. The van der Waals surface area contributed by atoms with Crippen LogP contribution >= 0.6 is 11.8 Å². The van der Waals surface area contributed by atoms with Crippen LogP contribution in [0.2, 0.25) is 0 Å². The predicted molar refractivity (Wildman–Crippen MR) is 151 cm³/mol. The van der Waals surface area contributed by atoms with E-state index in [0.717, 1.165) is 35.4 Å². The molecule has 0 radical (unpaired) electrons. The second kappa shape index (κ2) is 12.9. The van der Waals surface area contributed by atoms with Gasteiger partial charge in [-0.25, -0.2) is 15.0 Å². The third kappa shape index (κ3) is 7.57. The Morgan fingerprint density at radius 3 is 2.65 bits per heavy atom. The zero-order chi connectivity index (χ0) is 26.0. The van der Waals surface area contributed by atoms with E-state index in [2.05, 4.69) is 32.3 Å². The van der Waals surface area contributed by atoms with Gasteiger partial charge < -0.3 is 15.4 Å². The highest BCUT2D eigenvalue weighted by molar-refractivity contribution is 7.98. The summed E-state index contributed by atoms with van der Waals surface area (Å²) < 4.78 is 7.34. The average molecular weight is 517 g/mol. The maximum atomic E-state index is 12.7. The molecule has 1 aromatic carbocycles. The lowest BCUT2D eigenvalue weighted by Gasteiger charge is -2.15. The molecule has 192 valence electrons. The number of hydrogen-bond donors (Lipinski definition) is 2. The van der Waals surface area contributed by atoms with Gasteiger partial charge in [0.05, 0.1) is 0 Å². The zero-order valence-electron chi connectivity index (χ0n) is 21.1. The molecule has 0 bridgehead atoms. The summed E-state index contributed by atoms with van der Waals surface area (Å²) in [6.45, 7) is 5.99. The first kappa shape index (κ1) is 26.2. The summed E-state index contributed by atoms with van der Waals surface area (Å²) in [6, 6.07) is 13.7. The van der Waals surface area contributed by atoms with E-state index in [0.29, 0.717) is 30.2 Å². The van der Waals surface area contributed by atoms with Crippen LogP contribution in [-0.4, -0.2) is 39.6 Å². The van der Waals surface area contributed by atoms with Crippen LogP contribution in [0.25, 0.3) is 5.70 Å². The number of thioether (sulfide) groups is 1. The summed E-state index contributed by atoms with van der Waals surface area (Å²) in [5.41, 5.74) is 1.65. The predicted octanol–water partition coefficient (Wildman–Crippen LogP) is 4.96. The van der Waals surface area contributed by atoms with Crippen molar-refractivity contribution in [1.82, 2.24) is 19.9 Å². The highest BCUT2D eigenvalue weighted by Crippen LogP contribution is 2.23. The van der Waals surface area contributed by atoms with Gasteiger partial charge >= 0.3 is 0 Å². The molecule has 2 heterocycles. The van der Waals surface area contributed by atoms with Crippen LogP contribution in [-0.2, 0) is 6.61 Å². The van der Waals surface area contributed by atoms with Crippen LogP contribution in [0.1, 0.15) is 31.7 Å². The monoisotopic (exact) mass is 516 g/mol. The van der Waals surface area contributed by atoms with Crippen molar-refractivity contribution in [2.75, 3.05) is 11.6 Å². The number of rotatable bonds is 11. The minimum atomic E-state index is -0.161. The Kier molecular flexibility index (Phi) is 9.15. The van der Waals surface area contributed by atoms with Gasteiger partial charge in [0.25, 0.3) is 5.56 Å². The molecule has 0 spiro atoms. The molecule has 1 saturated carbocycles. The number of pyridine rings is 1. The maximum Gasteiger partial charge on any atom is 0.258 e. The van der Waals surface area contributed by atoms with Crippen LogP contribution in [0.3, 0.4) is 0 Å². The van der Waals surface area contributed by atoms with E-state index in [1.165, 1.54) is 6.07 Å². The Morgan fingerprint density at radius 2 is 1.95 bits per heavy atom. The standard InChI is InChI=1S/C28H32N6O2S/c1-20(34-14-13-24(16-27(34)35)36-19-21-7-5-4-6-8-21)9-12-26(29-2)32-22-10-11-23(15-22)33-28-30-17-25(37-3)18-31-28/h4-9,12-14,16-18,22-23,32H,2,10-11,15,19H2,1,3H3,(H,30,31,33)/b20-9+,26-12+/t22-,23-/m0/s1. The van der Waals surface area contributed by atoms with E-state index in [4.69, 9.17) is 4.74 Å².